The number of nitrogens with two attached hydrogens (primary N) is 1. The molecule has 1 heterocycles. The molecule has 0 aliphatic carbocycles. The van der Waals surface area contributed by atoms with Gasteiger partial charge in [0.25, 0.3) is 5.91 Å². The van der Waals surface area contributed by atoms with Crippen molar-refractivity contribution in [2.24, 2.45) is 5.73 Å². The van der Waals surface area contributed by atoms with Crippen molar-refractivity contribution >= 4 is 15.7 Å². The van der Waals surface area contributed by atoms with Crippen LogP contribution in [-0.4, -0.2) is 38.4 Å². The predicted molar refractivity (Wildman–Crippen MR) is 81.5 cm³/mol. The molecular weight excluding hydrogens is 288 g/mol. The van der Waals surface area contributed by atoms with Crippen molar-refractivity contribution in [3.05, 3.63) is 35.4 Å². The molecule has 6 heteroatoms. The van der Waals surface area contributed by atoms with Gasteiger partial charge in [0.2, 0.25) is 0 Å². The fourth-order valence-corrected chi connectivity index (χ4v) is 3.65. The number of hydrogen-bond donors (Lipinski definition) is 2. The zero-order chi connectivity index (χ0) is 15.3. The maximum absolute atomic E-state index is 12.1. The lowest BCUT2D eigenvalue weighted by molar-refractivity contribution is 0.0934. The molecule has 5 nitrogen and oxygen atoms in total. The molecule has 0 bridgehead atoms. The van der Waals surface area contributed by atoms with Crippen LogP contribution in [0.5, 0.6) is 0 Å². The van der Waals surface area contributed by atoms with Crippen LogP contribution >= 0.6 is 0 Å². The average molecular weight is 306 g/mol. The second kappa shape index (κ2) is 6.74. The molecule has 0 saturated carbocycles. The van der Waals surface area contributed by atoms with Crippen LogP contribution in [-0.2, 0) is 9.84 Å². The molecule has 0 spiro atoms. The molecule has 1 aliphatic heterocycles. The van der Waals surface area contributed by atoms with Crippen LogP contribution in [0.25, 0.3) is 0 Å². The number of carbonyl (C=O) groups is 1. The summed E-state index contributed by atoms with van der Waals surface area (Å²) in [6, 6.07) is 6.87. The highest BCUT2D eigenvalue weighted by Gasteiger charge is 2.24. The minimum Gasteiger partial charge on any atom is -0.349 e. The average Bonchev–Trinajstić information content (AvgIpc) is 2.48. The predicted octanol–water partition coefficient (Wildman–Crippen LogP) is 0.304. The Morgan fingerprint density at radius 1 is 1.24 bits per heavy atom. The fourth-order valence-electron chi connectivity index (χ4n) is 2.16. The first-order valence-electron chi connectivity index (χ1n) is 6.80. The first kappa shape index (κ1) is 15.5. The molecule has 1 aromatic carbocycles. The highest BCUT2D eigenvalue weighted by Crippen LogP contribution is 2.13. The van der Waals surface area contributed by atoms with Crippen molar-refractivity contribution < 1.29 is 13.2 Å². The summed E-state index contributed by atoms with van der Waals surface area (Å²) < 4.78 is 22.7. The van der Waals surface area contributed by atoms with Gasteiger partial charge in [0, 0.05) is 17.2 Å². The second-order valence-electron chi connectivity index (χ2n) is 4.98. The standard InChI is InChI=1S/C15H18N2O3S/c16-9-1-2-12-3-5-13(6-4-12)15(18)17-14-7-10-21(19,20)11-8-14/h3-6,14H,7-11,16H2,(H,17,18). The quantitative estimate of drug-likeness (QED) is 0.769. The van der Waals surface area contributed by atoms with Crippen LogP contribution in [0.3, 0.4) is 0 Å². The van der Waals surface area contributed by atoms with E-state index in [1.165, 1.54) is 0 Å². The lowest BCUT2D eigenvalue weighted by Gasteiger charge is -2.23. The van der Waals surface area contributed by atoms with Gasteiger partial charge < -0.3 is 11.1 Å². The summed E-state index contributed by atoms with van der Waals surface area (Å²) in [6.07, 6.45) is 0.961. The van der Waals surface area contributed by atoms with Crippen LogP contribution in [0.15, 0.2) is 24.3 Å². The van der Waals surface area contributed by atoms with Crippen LogP contribution in [0.4, 0.5) is 0 Å². The Hall–Kier alpha value is -1.84. The molecule has 1 fully saturated rings. The summed E-state index contributed by atoms with van der Waals surface area (Å²) in [4.78, 5) is 12.1. The summed E-state index contributed by atoms with van der Waals surface area (Å²) in [5, 5.41) is 2.88. The number of amides is 1. The Balaban J connectivity index is 1.94. The molecule has 1 aromatic rings. The van der Waals surface area contributed by atoms with Crippen molar-refractivity contribution in [2.75, 3.05) is 18.1 Å². The normalized spacial score (nSPS) is 17.6. The molecule has 0 radical (unpaired) electrons. The van der Waals surface area contributed by atoms with E-state index in [0.717, 1.165) is 5.56 Å². The number of sulfone groups is 1. The molecule has 0 aromatic heterocycles. The van der Waals surface area contributed by atoms with Gasteiger partial charge in [0.05, 0.1) is 18.1 Å². The summed E-state index contributed by atoms with van der Waals surface area (Å²) in [5.41, 5.74) is 6.65. The largest absolute Gasteiger partial charge is 0.349 e. The minimum atomic E-state index is -2.91. The third kappa shape index (κ3) is 4.59. The van der Waals surface area contributed by atoms with Crippen LogP contribution < -0.4 is 11.1 Å². The summed E-state index contributed by atoms with van der Waals surface area (Å²) in [7, 11) is -2.91. The van der Waals surface area contributed by atoms with E-state index in [1.54, 1.807) is 24.3 Å². The third-order valence-corrected chi connectivity index (χ3v) is 5.09. The Labute approximate surface area is 124 Å². The molecule has 3 N–H and O–H groups in total. The maximum Gasteiger partial charge on any atom is 0.251 e. The van der Waals surface area contributed by atoms with Gasteiger partial charge >= 0.3 is 0 Å². The molecule has 0 atom stereocenters. The van der Waals surface area contributed by atoms with E-state index in [-0.39, 0.29) is 23.5 Å². The lowest BCUT2D eigenvalue weighted by atomic mass is 10.1. The van der Waals surface area contributed by atoms with E-state index in [9.17, 15) is 13.2 Å². The molecule has 2 rings (SSSR count). The highest BCUT2D eigenvalue weighted by molar-refractivity contribution is 7.91. The number of hydrogen-bond acceptors (Lipinski definition) is 4. The van der Waals surface area contributed by atoms with Crippen molar-refractivity contribution in [1.29, 1.82) is 0 Å². The van der Waals surface area contributed by atoms with E-state index in [1.807, 2.05) is 0 Å². The van der Waals surface area contributed by atoms with E-state index in [2.05, 4.69) is 17.2 Å². The van der Waals surface area contributed by atoms with Gasteiger partial charge in [0.15, 0.2) is 0 Å². The van der Waals surface area contributed by atoms with Crippen molar-refractivity contribution in [1.82, 2.24) is 5.32 Å². The molecule has 1 amide bonds. The summed E-state index contributed by atoms with van der Waals surface area (Å²) in [5.74, 6) is 5.74. The molecular formula is C15H18N2O3S. The second-order valence-corrected chi connectivity index (χ2v) is 7.29. The Bertz CT molecular complexity index is 655. The molecule has 21 heavy (non-hydrogen) atoms. The number of benzene rings is 1. The summed E-state index contributed by atoms with van der Waals surface area (Å²) in [6.45, 7) is 0.298. The van der Waals surface area contributed by atoms with E-state index < -0.39 is 9.84 Å². The van der Waals surface area contributed by atoms with Gasteiger partial charge in [0.1, 0.15) is 9.84 Å². The van der Waals surface area contributed by atoms with Crippen LogP contribution in [0.1, 0.15) is 28.8 Å². The monoisotopic (exact) mass is 306 g/mol. The fraction of sp³-hybridized carbons (Fsp3) is 0.400. The summed E-state index contributed by atoms with van der Waals surface area (Å²) >= 11 is 0. The molecule has 0 unspecified atom stereocenters. The number of carbonyl (C=O) groups excluding carboxylic acids is 1. The Morgan fingerprint density at radius 3 is 2.43 bits per heavy atom. The Morgan fingerprint density at radius 2 is 1.86 bits per heavy atom. The number of nitrogens with one attached hydrogen (secondary N) is 1. The zero-order valence-electron chi connectivity index (χ0n) is 11.6. The Kier molecular flexibility index (Phi) is 4.99. The first-order chi connectivity index (χ1) is 10.00. The van der Waals surface area contributed by atoms with Gasteiger partial charge in [-0.3, -0.25) is 4.79 Å². The topological polar surface area (TPSA) is 89.3 Å². The smallest absolute Gasteiger partial charge is 0.251 e. The molecule has 112 valence electrons. The highest BCUT2D eigenvalue weighted by atomic mass is 32.2. The SMILES string of the molecule is NCC#Cc1ccc(C(=O)NC2CCS(=O)(=O)CC2)cc1. The first-order valence-corrected chi connectivity index (χ1v) is 8.62. The molecule has 1 aliphatic rings. The van der Waals surface area contributed by atoms with E-state index in [4.69, 9.17) is 5.73 Å². The zero-order valence-corrected chi connectivity index (χ0v) is 12.4. The third-order valence-electron chi connectivity index (χ3n) is 3.37. The van der Waals surface area contributed by atoms with E-state index >= 15 is 0 Å². The van der Waals surface area contributed by atoms with Crippen LogP contribution in [0.2, 0.25) is 0 Å². The van der Waals surface area contributed by atoms with Gasteiger partial charge in [-0.2, -0.15) is 0 Å². The van der Waals surface area contributed by atoms with Crippen molar-refractivity contribution in [3.63, 3.8) is 0 Å². The molecule has 1 saturated heterocycles. The van der Waals surface area contributed by atoms with Gasteiger partial charge in [-0.05, 0) is 37.1 Å². The maximum atomic E-state index is 12.1. The van der Waals surface area contributed by atoms with Crippen molar-refractivity contribution in [3.8, 4) is 11.8 Å². The van der Waals surface area contributed by atoms with Gasteiger partial charge in [-0.25, -0.2) is 8.42 Å². The van der Waals surface area contributed by atoms with E-state index in [0.29, 0.717) is 24.9 Å². The van der Waals surface area contributed by atoms with Gasteiger partial charge in [-0.15, -0.1) is 0 Å². The van der Waals surface area contributed by atoms with Crippen molar-refractivity contribution in [2.45, 2.75) is 18.9 Å². The number of rotatable bonds is 2. The lowest BCUT2D eigenvalue weighted by Crippen LogP contribution is -2.40. The minimum absolute atomic E-state index is 0.0715. The van der Waals surface area contributed by atoms with Crippen LogP contribution in [0, 0.1) is 11.8 Å². The van der Waals surface area contributed by atoms with Gasteiger partial charge in [-0.1, -0.05) is 11.8 Å².